The summed E-state index contributed by atoms with van der Waals surface area (Å²) in [5.74, 6) is 0.658. The van der Waals surface area contributed by atoms with Crippen LogP contribution in [0.2, 0.25) is 5.02 Å². The van der Waals surface area contributed by atoms with E-state index < -0.39 is 14.6 Å². The van der Waals surface area contributed by atoms with Crippen molar-refractivity contribution in [1.82, 2.24) is 10.6 Å². The zero-order valence-electron chi connectivity index (χ0n) is 16.6. The third-order valence-electron chi connectivity index (χ3n) is 5.94. The molecule has 2 N–H and O–H groups in total. The number of hydrogen-bond acceptors (Lipinski definition) is 4. The average molecular weight is 428 g/mol. The summed E-state index contributed by atoms with van der Waals surface area (Å²) in [5, 5.41) is 7.41. The Bertz CT molecular complexity index is 816. The molecule has 0 atom stereocenters. The molecular weight excluding hydrogens is 398 g/mol. The van der Waals surface area contributed by atoms with E-state index in [1.165, 1.54) is 11.8 Å². The number of benzene rings is 1. The smallest absolute Gasteiger partial charge is 0.191 e. The van der Waals surface area contributed by atoms with E-state index in [2.05, 4.69) is 21.7 Å². The Hall–Kier alpha value is -1.31. The highest BCUT2D eigenvalue weighted by Gasteiger charge is 2.45. The van der Waals surface area contributed by atoms with Gasteiger partial charge in [0.05, 0.1) is 11.3 Å². The summed E-state index contributed by atoms with van der Waals surface area (Å²) in [5.41, 5.74) is 1.31. The average Bonchev–Trinajstić information content (AvgIpc) is 3.45. The molecule has 1 saturated heterocycles. The molecule has 1 heterocycles. The molecule has 1 aliphatic carbocycles. The van der Waals surface area contributed by atoms with Crippen molar-refractivity contribution in [3.8, 4) is 0 Å². The zero-order chi connectivity index (χ0) is 20.3. The standard InChI is InChI=1S/C20H30ClN3O3S/c1-3-22-18(24-15-20(28(2,25)26)9-11-27-12-10-20)23-14-19(7-8-19)16-5-4-6-17(21)13-16/h4-6,13H,3,7-12,14-15H2,1-2H3,(H2,22,23,24). The lowest BCUT2D eigenvalue weighted by molar-refractivity contribution is 0.0768. The largest absolute Gasteiger partial charge is 0.381 e. The molecule has 0 spiro atoms. The number of hydrogen-bond donors (Lipinski definition) is 2. The molecule has 156 valence electrons. The van der Waals surface area contributed by atoms with E-state index in [0.29, 0.717) is 38.6 Å². The molecule has 0 radical (unpaired) electrons. The van der Waals surface area contributed by atoms with Gasteiger partial charge in [0.25, 0.3) is 0 Å². The minimum atomic E-state index is -3.23. The maximum Gasteiger partial charge on any atom is 0.191 e. The predicted octanol–water partition coefficient (Wildman–Crippen LogP) is 2.52. The highest BCUT2D eigenvalue weighted by atomic mass is 35.5. The van der Waals surface area contributed by atoms with Crippen molar-refractivity contribution < 1.29 is 13.2 Å². The number of nitrogens with one attached hydrogen (secondary N) is 2. The minimum absolute atomic E-state index is 0.0777. The van der Waals surface area contributed by atoms with Crippen LogP contribution in [0.15, 0.2) is 29.3 Å². The van der Waals surface area contributed by atoms with Gasteiger partial charge in [-0.05, 0) is 50.3 Å². The number of aliphatic imine (C=N–C) groups is 1. The summed E-state index contributed by atoms with van der Waals surface area (Å²) in [6.45, 7) is 4.63. The van der Waals surface area contributed by atoms with E-state index in [0.717, 1.165) is 24.4 Å². The number of rotatable bonds is 7. The Kier molecular flexibility index (Phi) is 6.57. The van der Waals surface area contributed by atoms with E-state index in [-0.39, 0.29) is 12.0 Å². The molecule has 0 unspecified atom stereocenters. The fraction of sp³-hybridized carbons (Fsp3) is 0.650. The first-order chi connectivity index (χ1) is 13.3. The number of ether oxygens (including phenoxy) is 1. The molecule has 2 fully saturated rings. The van der Waals surface area contributed by atoms with Gasteiger partial charge >= 0.3 is 0 Å². The van der Waals surface area contributed by atoms with Crippen LogP contribution in [0.25, 0.3) is 0 Å². The second-order valence-electron chi connectivity index (χ2n) is 7.91. The van der Waals surface area contributed by atoms with Crippen LogP contribution in [0.3, 0.4) is 0 Å². The molecule has 0 aromatic heterocycles. The Morgan fingerprint density at radius 3 is 2.50 bits per heavy atom. The molecule has 8 heteroatoms. The van der Waals surface area contributed by atoms with Gasteiger partial charge in [-0.1, -0.05) is 23.7 Å². The van der Waals surface area contributed by atoms with Crippen molar-refractivity contribution in [3.05, 3.63) is 34.9 Å². The molecular formula is C20H30ClN3O3S. The maximum atomic E-state index is 12.4. The van der Waals surface area contributed by atoms with Gasteiger partial charge in [0.1, 0.15) is 0 Å². The Morgan fingerprint density at radius 1 is 1.21 bits per heavy atom. The highest BCUT2D eigenvalue weighted by Crippen LogP contribution is 2.48. The van der Waals surface area contributed by atoms with E-state index in [1.807, 2.05) is 25.1 Å². The van der Waals surface area contributed by atoms with Crippen molar-refractivity contribution in [3.63, 3.8) is 0 Å². The molecule has 1 aromatic carbocycles. The van der Waals surface area contributed by atoms with E-state index in [4.69, 9.17) is 16.3 Å². The van der Waals surface area contributed by atoms with Gasteiger partial charge in [0.2, 0.25) is 0 Å². The molecule has 2 aliphatic rings. The zero-order valence-corrected chi connectivity index (χ0v) is 18.2. The van der Waals surface area contributed by atoms with Crippen LogP contribution < -0.4 is 10.6 Å². The monoisotopic (exact) mass is 427 g/mol. The number of halogens is 1. The van der Waals surface area contributed by atoms with Crippen LogP contribution in [-0.2, 0) is 20.0 Å². The van der Waals surface area contributed by atoms with E-state index >= 15 is 0 Å². The lowest BCUT2D eigenvalue weighted by Gasteiger charge is -2.34. The third-order valence-corrected chi connectivity index (χ3v) is 8.29. The third kappa shape index (κ3) is 4.81. The van der Waals surface area contributed by atoms with E-state index in [9.17, 15) is 8.42 Å². The SMILES string of the molecule is CCNC(=NCC1(S(C)(=O)=O)CCOCC1)NCC1(c2cccc(Cl)c2)CC1. The highest BCUT2D eigenvalue weighted by molar-refractivity contribution is 7.92. The molecule has 1 aliphatic heterocycles. The van der Waals surface area contributed by atoms with Gasteiger partial charge in [0.15, 0.2) is 15.8 Å². The van der Waals surface area contributed by atoms with Crippen molar-refractivity contribution in [2.45, 2.75) is 42.8 Å². The summed E-state index contributed by atoms with van der Waals surface area (Å²) in [6, 6.07) is 8.02. The molecule has 1 saturated carbocycles. The Morgan fingerprint density at radius 2 is 1.93 bits per heavy atom. The second kappa shape index (κ2) is 8.59. The number of nitrogens with zero attached hydrogens (tertiary/aromatic N) is 1. The van der Waals surface area contributed by atoms with Gasteiger partial charge < -0.3 is 15.4 Å². The van der Waals surface area contributed by atoms with Crippen LogP contribution >= 0.6 is 11.6 Å². The van der Waals surface area contributed by atoms with Crippen LogP contribution in [-0.4, -0.2) is 58.2 Å². The van der Waals surface area contributed by atoms with Gasteiger partial charge in [-0.15, -0.1) is 0 Å². The normalized spacial score (nSPS) is 21.2. The first-order valence-electron chi connectivity index (χ1n) is 9.86. The van der Waals surface area contributed by atoms with Crippen LogP contribution in [0, 0.1) is 0 Å². The lowest BCUT2D eigenvalue weighted by atomic mass is 9.96. The molecule has 3 rings (SSSR count). The first kappa shape index (κ1) is 21.4. The van der Waals surface area contributed by atoms with Crippen LogP contribution in [0.5, 0.6) is 0 Å². The van der Waals surface area contributed by atoms with Crippen molar-refractivity contribution in [2.75, 3.05) is 39.1 Å². The van der Waals surface area contributed by atoms with Gasteiger partial charge in [-0.3, -0.25) is 4.99 Å². The minimum Gasteiger partial charge on any atom is -0.381 e. The van der Waals surface area contributed by atoms with Crippen LogP contribution in [0.4, 0.5) is 0 Å². The van der Waals surface area contributed by atoms with Gasteiger partial charge in [-0.2, -0.15) is 0 Å². The molecule has 1 aromatic rings. The summed E-state index contributed by atoms with van der Waals surface area (Å²) in [6.07, 6.45) is 4.49. The van der Waals surface area contributed by atoms with Crippen molar-refractivity contribution in [1.29, 1.82) is 0 Å². The molecule has 28 heavy (non-hydrogen) atoms. The Labute approximate surface area is 173 Å². The molecule has 0 bridgehead atoms. The predicted molar refractivity (Wildman–Crippen MR) is 114 cm³/mol. The maximum absolute atomic E-state index is 12.4. The van der Waals surface area contributed by atoms with Crippen LogP contribution in [0.1, 0.15) is 38.2 Å². The lowest BCUT2D eigenvalue weighted by Crippen LogP contribution is -2.48. The molecule has 0 amide bonds. The van der Waals surface area contributed by atoms with Gasteiger partial charge in [0, 0.05) is 43.0 Å². The fourth-order valence-electron chi connectivity index (χ4n) is 3.74. The summed E-state index contributed by atoms with van der Waals surface area (Å²) in [7, 11) is -3.23. The number of sulfone groups is 1. The quantitative estimate of drug-likeness (QED) is 0.516. The summed E-state index contributed by atoms with van der Waals surface area (Å²) < 4.78 is 29.4. The summed E-state index contributed by atoms with van der Waals surface area (Å²) in [4.78, 5) is 4.65. The van der Waals surface area contributed by atoms with Gasteiger partial charge in [-0.25, -0.2) is 8.42 Å². The summed E-state index contributed by atoms with van der Waals surface area (Å²) >= 11 is 6.16. The number of guanidine groups is 1. The topological polar surface area (TPSA) is 79.8 Å². The van der Waals surface area contributed by atoms with E-state index in [1.54, 1.807) is 0 Å². The first-order valence-corrected chi connectivity index (χ1v) is 12.1. The van der Waals surface area contributed by atoms with Crippen molar-refractivity contribution in [2.24, 2.45) is 4.99 Å². The fourth-order valence-corrected chi connectivity index (χ4v) is 5.14. The molecule has 6 nitrogen and oxygen atoms in total. The van der Waals surface area contributed by atoms with Crippen molar-refractivity contribution >= 4 is 27.4 Å². The Balaban J connectivity index is 1.71. The second-order valence-corrected chi connectivity index (χ2v) is 10.8.